The van der Waals surface area contributed by atoms with Gasteiger partial charge in [-0.3, -0.25) is 9.69 Å². The Hall–Kier alpha value is -2.36. The van der Waals surface area contributed by atoms with E-state index in [1.807, 2.05) is 11.8 Å². The van der Waals surface area contributed by atoms with E-state index in [0.29, 0.717) is 24.8 Å². The van der Waals surface area contributed by atoms with Gasteiger partial charge in [-0.1, -0.05) is 11.6 Å². The lowest BCUT2D eigenvalue weighted by Crippen LogP contribution is -2.46. The zero-order valence-corrected chi connectivity index (χ0v) is 17.2. The van der Waals surface area contributed by atoms with Crippen LogP contribution in [-0.4, -0.2) is 45.8 Å². The molecule has 1 saturated heterocycles. The highest BCUT2D eigenvalue weighted by Crippen LogP contribution is 2.24. The van der Waals surface area contributed by atoms with Crippen LogP contribution in [0.5, 0.6) is 0 Å². The van der Waals surface area contributed by atoms with E-state index in [2.05, 4.69) is 20.4 Å². The van der Waals surface area contributed by atoms with Crippen LogP contribution in [0.15, 0.2) is 34.6 Å². The van der Waals surface area contributed by atoms with Gasteiger partial charge in [0.2, 0.25) is 0 Å². The first-order chi connectivity index (χ1) is 13.9. The number of hydrogen-bond donors (Lipinski definition) is 0. The van der Waals surface area contributed by atoms with Crippen LogP contribution in [0.3, 0.4) is 0 Å². The lowest BCUT2D eigenvalue weighted by molar-refractivity contribution is 0.247. The molecular formula is C19H18ClF2N5OS. The van der Waals surface area contributed by atoms with Crippen molar-refractivity contribution >= 4 is 28.6 Å². The van der Waals surface area contributed by atoms with Crippen molar-refractivity contribution in [2.45, 2.75) is 13.5 Å². The largest absolute Gasteiger partial charge is 0.366 e. The van der Waals surface area contributed by atoms with Gasteiger partial charge in [0.15, 0.2) is 5.82 Å². The second-order valence-corrected chi connectivity index (χ2v) is 8.22. The van der Waals surface area contributed by atoms with Gasteiger partial charge in [0.1, 0.15) is 16.5 Å². The van der Waals surface area contributed by atoms with Crippen LogP contribution in [0.4, 0.5) is 14.5 Å². The van der Waals surface area contributed by atoms with Gasteiger partial charge >= 0.3 is 0 Å². The molecule has 2 aromatic heterocycles. The highest BCUT2D eigenvalue weighted by atomic mass is 35.5. The summed E-state index contributed by atoms with van der Waals surface area (Å²) >= 11 is 7.94. The monoisotopic (exact) mass is 437 g/mol. The Balaban J connectivity index is 1.50. The molecule has 0 atom stereocenters. The second-order valence-electron chi connectivity index (χ2n) is 6.78. The van der Waals surface area contributed by atoms with Crippen molar-refractivity contribution < 1.29 is 8.78 Å². The van der Waals surface area contributed by atoms with E-state index in [1.54, 1.807) is 11.3 Å². The zero-order chi connectivity index (χ0) is 20.5. The van der Waals surface area contributed by atoms with Crippen molar-refractivity contribution in [2.24, 2.45) is 0 Å². The summed E-state index contributed by atoms with van der Waals surface area (Å²) in [5, 5.41) is 7.14. The standard InChI is InChI=1S/C19H18ClF2N5OS/c1-12-24-14(11-29-12)10-25-4-6-26(7-5-25)17-9-23-27(19(28)18(17)20)16-3-2-13(21)8-15(16)22/h2-3,8-9,11H,4-7,10H2,1H3. The number of rotatable bonds is 4. The van der Waals surface area contributed by atoms with E-state index >= 15 is 0 Å². The van der Waals surface area contributed by atoms with Crippen LogP contribution in [0.2, 0.25) is 5.02 Å². The Morgan fingerprint density at radius 3 is 2.59 bits per heavy atom. The SMILES string of the molecule is Cc1nc(CN2CCN(c3cnn(-c4ccc(F)cc4F)c(=O)c3Cl)CC2)cs1. The maximum absolute atomic E-state index is 14.0. The molecule has 0 saturated carbocycles. The third-order valence-corrected chi connectivity index (χ3v) is 5.98. The number of anilines is 1. The molecule has 0 bridgehead atoms. The minimum atomic E-state index is -0.880. The molecule has 10 heteroatoms. The number of aryl methyl sites for hydroxylation is 1. The first-order valence-corrected chi connectivity index (χ1v) is 10.3. The van der Waals surface area contributed by atoms with Gasteiger partial charge in [-0.05, 0) is 19.1 Å². The Labute approximate surface area is 175 Å². The summed E-state index contributed by atoms with van der Waals surface area (Å²) in [6.45, 7) is 5.72. The normalized spacial score (nSPS) is 15.1. The summed E-state index contributed by atoms with van der Waals surface area (Å²) in [6, 6.07) is 2.93. The molecule has 6 nitrogen and oxygen atoms in total. The predicted molar refractivity (Wildman–Crippen MR) is 109 cm³/mol. The maximum Gasteiger partial charge on any atom is 0.292 e. The molecule has 0 aliphatic carbocycles. The van der Waals surface area contributed by atoms with Gasteiger partial charge in [-0.25, -0.2) is 13.8 Å². The van der Waals surface area contributed by atoms with Gasteiger partial charge in [0, 0.05) is 44.2 Å². The van der Waals surface area contributed by atoms with E-state index in [4.69, 9.17) is 11.6 Å². The van der Waals surface area contributed by atoms with Crippen LogP contribution in [0.25, 0.3) is 5.69 Å². The highest BCUT2D eigenvalue weighted by Gasteiger charge is 2.22. The van der Waals surface area contributed by atoms with Crippen LogP contribution >= 0.6 is 22.9 Å². The fourth-order valence-corrected chi connectivity index (χ4v) is 4.18. The third-order valence-electron chi connectivity index (χ3n) is 4.80. The Kier molecular flexibility index (Phi) is 5.62. The number of halogens is 3. The smallest absolute Gasteiger partial charge is 0.292 e. The summed E-state index contributed by atoms with van der Waals surface area (Å²) in [6.07, 6.45) is 1.45. The molecule has 1 aliphatic heterocycles. The molecule has 1 aromatic carbocycles. The Morgan fingerprint density at radius 1 is 1.17 bits per heavy atom. The Bertz CT molecular complexity index is 1090. The van der Waals surface area contributed by atoms with Crippen molar-refractivity contribution in [3.05, 3.63) is 67.5 Å². The third kappa shape index (κ3) is 4.17. The lowest BCUT2D eigenvalue weighted by Gasteiger charge is -2.35. The minimum absolute atomic E-state index is 0.0349. The highest BCUT2D eigenvalue weighted by molar-refractivity contribution is 7.09. The molecule has 0 unspecified atom stereocenters. The first-order valence-electron chi connectivity index (χ1n) is 9.04. The summed E-state index contributed by atoms with van der Waals surface area (Å²) in [5.41, 5.74) is 0.785. The number of benzene rings is 1. The van der Waals surface area contributed by atoms with E-state index in [0.717, 1.165) is 47.2 Å². The molecule has 4 rings (SSSR count). The number of thiazole rings is 1. The minimum Gasteiger partial charge on any atom is -0.366 e. The average molecular weight is 438 g/mol. The van der Waals surface area contributed by atoms with E-state index < -0.39 is 17.2 Å². The summed E-state index contributed by atoms with van der Waals surface area (Å²) < 4.78 is 28.0. The van der Waals surface area contributed by atoms with E-state index in [-0.39, 0.29) is 10.7 Å². The molecule has 0 N–H and O–H groups in total. The van der Waals surface area contributed by atoms with Crippen LogP contribution in [0, 0.1) is 18.6 Å². The predicted octanol–water partition coefficient (Wildman–Crippen LogP) is 3.25. The lowest BCUT2D eigenvalue weighted by atomic mass is 10.2. The van der Waals surface area contributed by atoms with Crippen LogP contribution < -0.4 is 10.5 Å². The second kappa shape index (κ2) is 8.17. The van der Waals surface area contributed by atoms with Crippen LogP contribution in [0.1, 0.15) is 10.7 Å². The fourth-order valence-electron chi connectivity index (χ4n) is 3.33. The van der Waals surface area contributed by atoms with Crippen LogP contribution in [-0.2, 0) is 6.54 Å². The quantitative estimate of drug-likeness (QED) is 0.627. The molecule has 152 valence electrons. The molecule has 1 aliphatic rings. The fraction of sp³-hybridized carbons (Fsp3) is 0.316. The van der Waals surface area contributed by atoms with Gasteiger partial charge in [-0.15, -0.1) is 11.3 Å². The molecule has 1 fully saturated rings. The van der Waals surface area contributed by atoms with Gasteiger partial charge < -0.3 is 4.90 Å². The first kappa shape index (κ1) is 19.9. The van der Waals surface area contributed by atoms with Crippen molar-refractivity contribution in [1.82, 2.24) is 19.7 Å². The average Bonchev–Trinajstić information content (AvgIpc) is 3.10. The molecule has 0 radical (unpaired) electrons. The molecule has 29 heavy (non-hydrogen) atoms. The van der Waals surface area contributed by atoms with E-state index in [9.17, 15) is 13.6 Å². The zero-order valence-electron chi connectivity index (χ0n) is 15.6. The molecule has 0 amide bonds. The van der Waals surface area contributed by atoms with Gasteiger partial charge in [-0.2, -0.15) is 9.78 Å². The number of aromatic nitrogens is 3. The molecule has 3 aromatic rings. The summed E-state index contributed by atoms with van der Waals surface area (Å²) in [7, 11) is 0. The van der Waals surface area contributed by atoms with Crippen molar-refractivity contribution in [1.29, 1.82) is 0 Å². The summed E-state index contributed by atoms with van der Waals surface area (Å²) in [5.74, 6) is -1.61. The number of piperazine rings is 1. The molecular weight excluding hydrogens is 420 g/mol. The number of nitrogens with zero attached hydrogens (tertiary/aromatic N) is 5. The number of hydrogen-bond acceptors (Lipinski definition) is 6. The van der Waals surface area contributed by atoms with Crippen molar-refractivity contribution in [2.75, 3.05) is 31.1 Å². The van der Waals surface area contributed by atoms with Gasteiger partial charge in [0.25, 0.3) is 5.56 Å². The summed E-state index contributed by atoms with van der Waals surface area (Å²) in [4.78, 5) is 21.4. The topological polar surface area (TPSA) is 54.3 Å². The van der Waals surface area contributed by atoms with Crippen molar-refractivity contribution in [3.8, 4) is 5.69 Å². The van der Waals surface area contributed by atoms with E-state index in [1.165, 1.54) is 6.20 Å². The van der Waals surface area contributed by atoms with Crippen molar-refractivity contribution in [3.63, 3.8) is 0 Å². The maximum atomic E-state index is 14.0. The molecule has 3 heterocycles. The Morgan fingerprint density at radius 2 is 1.93 bits per heavy atom. The van der Waals surface area contributed by atoms with Gasteiger partial charge in [0.05, 0.1) is 22.6 Å². The molecule has 0 spiro atoms.